The number of aliphatic hydroxyl groups is 1. The molecule has 0 amide bonds. The highest BCUT2D eigenvalue weighted by Crippen LogP contribution is 2.23. The number of allylic oxidation sites excluding steroid dienone is 4. The van der Waals surface area contributed by atoms with Crippen molar-refractivity contribution in [2.75, 3.05) is 7.11 Å². The Morgan fingerprint density at radius 2 is 2.00 bits per heavy atom. The Bertz CT molecular complexity index is 492. The van der Waals surface area contributed by atoms with Crippen LogP contribution < -0.4 is 0 Å². The van der Waals surface area contributed by atoms with E-state index in [9.17, 15) is 9.90 Å². The van der Waals surface area contributed by atoms with Gasteiger partial charge in [-0.2, -0.15) is 8.42 Å². The monoisotopic (exact) mass is 294 g/mol. The van der Waals surface area contributed by atoms with E-state index in [4.69, 9.17) is 27.4 Å². The van der Waals surface area contributed by atoms with Crippen LogP contribution in [-0.2, 0) is 19.9 Å². The molecule has 0 aromatic heterocycles. The number of hydrogen-bond donors (Lipinski definition) is 4. The van der Waals surface area contributed by atoms with Crippen molar-refractivity contribution in [3.63, 3.8) is 0 Å². The quantitative estimate of drug-likeness (QED) is 0.445. The first-order valence-electron chi connectivity index (χ1n) is 4.88. The zero-order chi connectivity index (χ0) is 15.1. The molecule has 9 heteroatoms. The van der Waals surface area contributed by atoms with Crippen LogP contribution in [0.3, 0.4) is 0 Å². The molecule has 0 heterocycles. The van der Waals surface area contributed by atoms with E-state index in [1.165, 1.54) is 13.2 Å². The molecule has 19 heavy (non-hydrogen) atoms. The predicted molar refractivity (Wildman–Crippen MR) is 64.9 cm³/mol. The molecular formula is C10H14O8S. The summed E-state index contributed by atoms with van der Waals surface area (Å²) < 4.78 is 36.5. The van der Waals surface area contributed by atoms with Crippen LogP contribution in [0.2, 0.25) is 0 Å². The highest BCUT2D eigenvalue weighted by Gasteiger charge is 2.14. The van der Waals surface area contributed by atoms with Gasteiger partial charge in [-0.15, -0.1) is 0 Å². The molecule has 0 saturated heterocycles. The summed E-state index contributed by atoms with van der Waals surface area (Å²) in [7, 11) is -3.19. The highest BCUT2D eigenvalue weighted by molar-refractivity contribution is 7.79. The lowest BCUT2D eigenvalue weighted by Crippen LogP contribution is -2.05. The normalized spacial score (nSPS) is 19.0. The van der Waals surface area contributed by atoms with E-state index in [0.717, 1.165) is 6.08 Å². The second-order valence-corrected chi connectivity index (χ2v) is 4.28. The largest absolute Gasteiger partial charge is 0.504 e. The molecule has 0 spiro atoms. The second kappa shape index (κ2) is 7.56. The van der Waals surface area contributed by atoms with Crippen LogP contribution in [-0.4, -0.2) is 40.8 Å². The summed E-state index contributed by atoms with van der Waals surface area (Å²) >= 11 is 0. The van der Waals surface area contributed by atoms with Crippen LogP contribution in [0.4, 0.5) is 0 Å². The lowest BCUT2D eigenvalue weighted by Gasteiger charge is -2.15. The second-order valence-electron chi connectivity index (χ2n) is 3.38. The van der Waals surface area contributed by atoms with Gasteiger partial charge < -0.3 is 14.9 Å². The minimum absolute atomic E-state index is 0.0306. The Labute approximate surface area is 109 Å². The fourth-order valence-electron chi connectivity index (χ4n) is 1.22. The molecule has 0 aromatic rings. The zero-order valence-electron chi connectivity index (χ0n) is 9.92. The van der Waals surface area contributed by atoms with Gasteiger partial charge in [0, 0.05) is 18.4 Å². The van der Waals surface area contributed by atoms with Gasteiger partial charge in [-0.05, 0) is 6.08 Å². The van der Waals surface area contributed by atoms with Crippen LogP contribution in [0, 0.1) is 5.92 Å². The van der Waals surface area contributed by atoms with Gasteiger partial charge >= 0.3 is 16.4 Å². The van der Waals surface area contributed by atoms with Gasteiger partial charge in [0.05, 0.1) is 7.11 Å². The van der Waals surface area contributed by atoms with Crippen molar-refractivity contribution in [3.05, 3.63) is 35.8 Å². The highest BCUT2D eigenvalue weighted by atomic mass is 32.3. The molecule has 1 aliphatic carbocycles. The van der Waals surface area contributed by atoms with Gasteiger partial charge in [0.25, 0.3) is 0 Å². The van der Waals surface area contributed by atoms with Crippen molar-refractivity contribution in [1.82, 2.24) is 0 Å². The summed E-state index contributed by atoms with van der Waals surface area (Å²) in [5.41, 5.74) is 0. The first kappa shape index (κ1) is 17.2. The van der Waals surface area contributed by atoms with E-state index >= 15 is 0 Å². The van der Waals surface area contributed by atoms with E-state index in [0.29, 0.717) is 12.2 Å². The van der Waals surface area contributed by atoms with Gasteiger partial charge in [0.2, 0.25) is 0 Å². The van der Waals surface area contributed by atoms with Gasteiger partial charge in [-0.1, -0.05) is 12.2 Å². The molecule has 1 atom stereocenters. The number of carbonyl (C=O) groups is 1. The summed E-state index contributed by atoms with van der Waals surface area (Å²) in [5, 5.41) is 17.7. The van der Waals surface area contributed by atoms with Crippen LogP contribution in [0.25, 0.3) is 0 Å². The molecule has 1 rings (SSSR count). The molecular weight excluding hydrogens is 280 g/mol. The van der Waals surface area contributed by atoms with Gasteiger partial charge in [-0.25, -0.2) is 4.79 Å². The number of hydrogen-bond acceptors (Lipinski definition) is 5. The number of carboxylic acids is 1. The van der Waals surface area contributed by atoms with Crippen molar-refractivity contribution >= 4 is 16.4 Å². The maximum atomic E-state index is 10.3. The first-order valence-corrected chi connectivity index (χ1v) is 6.28. The van der Waals surface area contributed by atoms with Crippen molar-refractivity contribution < 1.29 is 37.3 Å². The summed E-state index contributed by atoms with van der Waals surface area (Å²) in [6, 6.07) is 0. The Morgan fingerprint density at radius 3 is 2.42 bits per heavy atom. The van der Waals surface area contributed by atoms with Gasteiger partial charge in [0.15, 0.2) is 5.76 Å². The Balaban J connectivity index is 0.000000555. The number of aliphatic hydroxyl groups excluding tert-OH is 1. The van der Waals surface area contributed by atoms with Crippen LogP contribution in [0.15, 0.2) is 35.8 Å². The number of methoxy groups -OCH3 is 1. The van der Waals surface area contributed by atoms with Gasteiger partial charge in [0.1, 0.15) is 5.76 Å². The number of aliphatic carboxylic acids is 1. The van der Waals surface area contributed by atoms with Crippen molar-refractivity contribution in [2.45, 2.75) is 6.42 Å². The first-order chi connectivity index (χ1) is 8.63. The SMILES string of the molecule is COC1=C(O)C=CC(C=CC(=O)O)C1.O=S(=O)(O)O. The smallest absolute Gasteiger partial charge is 0.394 e. The maximum Gasteiger partial charge on any atom is 0.394 e. The average Bonchev–Trinajstić information content (AvgIpc) is 2.25. The van der Waals surface area contributed by atoms with E-state index < -0.39 is 16.4 Å². The minimum Gasteiger partial charge on any atom is -0.504 e. The zero-order valence-corrected chi connectivity index (χ0v) is 10.7. The van der Waals surface area contributed by atoms with E-state index in [-0.39, 0.29) is 11.7 Å². The Morgan fingerprint density at radius 1 is 1.47 bits per heavy atom. The minimum atomic E-state index is -4.67. The van der Waals surface area contributed by atoms with Crippen LogP contribution in [0.1, 0.15) is 6.42 Å². The lowest BCUT2D eigenvalue weighted by molar-refractivity contribution is -0.131. The molecule has 0 aliphatic heterocycles. The lowest BCUT2D eigenvalue weighted by atomic mass is 9.98. The molecule has 0 aromatic carbocycles. The average molecular weight is 294 g/mol. The van der Waals surface area contributed by atoms with Crippen molar-refractivity contribution in [3.8, 4) is 0 Å². The maximum absolute atomic E-state index is 10.3. The summed E-state index contributed by atoms with van der Waals surface area (Å²) in [6.45, 7) is 0. The fraction of sp³-hybridized carbons (Fsp3) is 0.300. The molecule has 1 unspecified atom stereocenters. The standard InChI is InChI=1S/C10H12O4.H2O4S/c1-14-9-6-7(2-4-8(9)11)3-5-10(12)13;1-5(2,3)4/h2-5,7,11H,6H2,1H3,(H,12,13);(H2,1,2,3,4). The Kier molecular flexibility index (Phi) is 6.83. The molecule has 0 bridgehead atoms. The van der Waals surface area contributed by atoms with E-state index in [1.807, 2.05) is 0 Å². The van der Waals surface area contributed by atoms with E-state index in [1.54, 1.807) is 12.2 Å². The van der Waals surface area contributed by atoms with Crippen LogP contribution in [0.5, 0.6) is 0 Å². The molecule has 1 aliphatic rings. The van der Waals surface area contributed by atoms with Crippen LogP contribution >= 0.6 is 0 Å². The number of ether oxygens (including phenoxy) is 1. The number of rotatable bonds is 3. The predicted octanol–water partition coefficient (Wildman–Crippen LogP) is 0.967. The third-order valence-corrected chi connectivity index (χ3v) is 1.94. The summed E-state index contributed by atoms with van der Waals surface area (Å²) in [4.78, 5) is 10.3. The van der Waals surface area contributed by atoms with E-state index in [2.05, 4.69) is 0 Å². The number of carboxylic acid groups (broad SMARTS) is 1. The third-order valence-electron chi connectivity index (χ3n) is 1.94. The Hall–Kier alpha value is -1.84. The molecule has 0 saturated carbocycles. The topological polar surface area (TPSA) is 141 Å². The molecule has 0 radical (unpaired) electrons. The third kappa shape index (κ3) is 9.83. The van der Waals surface area contributed by atoms with Crippen molar-refractivity contribution in [1.29, 1.82) is 0 Å². The summed E-state index contributed by atoms with van der Waals surface area (Å²) in [6.07, 6.45) is 6.38. The molecule has 108 valence electrons. The summed E-state index contributed by atoms with van der Waals surface area (Å²) in [5.74, 6) is -0.423. The fourth-order valence-corrected chi connectivity index (χ4v) is 1.22. The molecule has 8 nitrogen and oxygen atoms in total. The molecule has 4 N–H and O–H groups in total. The van der Waals surface area contributed by atoms with Crippen molar-refractivity contribution in [2.24, 2.45) is 5.92 Å². The molecule has 0 fully saturated rings. The van der Waals surface area contributed by atoms with Gasteiger partial charge in [-0.3, -0.25) is 9.11 Å².